The van der Waals surface area contributed by atoms with Crippen LogP contribution in [-0.2, 0) is 17.8 Å². The van der Waals surface area contributed by atoms with Gasteiger partial charge < -0.3 is 10.2 Å². The van der Waals surface area contributed by atoms with E-state index in [2.05, 4.69) is 10.3 Å². The summed E-state index contributed by atoms with van der Waals surface area (Å²) in [6.45, 7) is 2.75. The third kappa shape index (κ3) is 2.81. The first kappa shape index (κ1) is 10.6. The molecule has 0 fully saturated rings. The van der Waals surface area contributed by atoms with Gasteiger partial charge in [-0.2, -0.15) is 0 Å². The third-order valence-corrected chi connectivity index (χ3v) is 1.73. The van der Waals surface area contributed by atoms with E-state index >= 15 is 0 Å². The zero-order valence-corrected chi connectivity index (χ0v) is 7.92. The minimum atomic E-state index is -1.40. The van der Waals surface area contributed by atoms with Gasteiger partial charge in [0.15, 0.2) is 6.10 Å². The molecule has 6 nitrogen and oxygen atoms in total. The average molecular weight is 199 g/mol. The summed E-state index contributed by atoms with van der Waals surface area (Å²) in [5, 5.41) is 25.0. The van der Waals surface area contributed by atoms with Crippen molar-refractivity contribution in [2.24, 2.45) is 0 Å². The van der Waals surface area contributed by atoms with E-state index in [1.807, 2.05) is 6.92 Å². The Bertz CT molecular complexity index is 311. The minimum Gasteiger partial charge on any atom is -0.479 e. The number of aliphatic hydroxyl groups excluding tert-OH is 1. The van der Waals surface area contributed by atoms with Crippen LogP contribution in [0.1, 0.15) is 19.0 Å². The average Bonchev–Trinajstić information content (AvgIpc) is 2.53. The lowest BCUT2D eigenvalue weighted by Crippen LogP contribution is -2.22. The van der Waals surface area contributed by atoms with Crippen LogP contribution < -0.4 is 0 Å². The lowest BCUT2D eigenvalue weighted by molar-refractivity contribution is -0.146. The Labute approximate surface area is 81.2 Å². The fourth-order valence-corrected chi connectivity index (χ4v) is 1.06. The van der Waals surface area contributed by atoms with Gasteiger partial charge >= 0.3 is 5.97 Å². The van der Waals surface area contributed by atoms with Gasteiger partial charge in [-0.3, -0.25) is 4.68 Å². The van der Waals surface area contributed by atoms with Crippen LogP contribution in [0.3, 0.4) is 0 Å². The topological polar surface area (TPSA) is 88.2 Å². The van der Waals surface area contributed by atoms with Crippen molar-refractivity contribution in [3.63, 3.8) is 0 Å². The molecule has 0 saturated heterocycles. The molecule has 1 aromatic heterocycles. The normalized spacial score (nSPS) is 12.7. The molecule has 2 N–H and O–H groups in total. The molecule has 1 rings (SSSR count). The molecule has 1 heterocycles. The van der Waals surface area contributed by atoms with Gasteiger partial charge in [0.1, 0.15) is 0 Å². The Morgan fingerprint density at radius 3 is 3.00 bits per heavy atom. The van der Waals surface area contributed by atoms with Crippen molar-refractivity contribution in [3.05, 3.63) is 11.9 Å². The number of aryl methyl sites for hydroxylation is 1. The van der Waals surface area contributed by atoms with Crippen molar-refractivity contribution in [2.75, 3.05) is 0 Å². The molecule has 14 heavy (non-hydrogen) atoms. The summed E-state index contributed by atoms with van der Waals surface area (Å²) in [7, 11) is 0. The van der Waals surface area contributed by atoms with Crippen LogP contribution >= 0.6 is 0 Å². The molecule has 0 radical (unpaired) electrons. The first-order valence-corrected chi connectivity index (χ1v) is 4.43. The van der Waals surface area contributed by atoms with Crippen molar-refractivity contribution >= 4 is 5.97 Å². The fraction of sp³-hybridized carbons (Fsp3) is 0.625. The maximum absolute atomic E-state index is 10.3. The molecule has 0 aromatic carbocycles. The van der Waals surface area contributed by atoms with Crippen molar-refractivity contribution in [1.82, 2.24) is 15.0 Å². The molecule has 0 amide bonds. The van der Waals surface area contributed by atoms with Gasteiger partial charge in [-0.25, -0.2) is 4.79 Å². The first-order valence-electron chi connectivity index (χ1n) is 4.43. The smallest absolute Gasteiger partial charge is 0.332 e. The summed E-state index contributed by atoms with van der Waals surface area (Å²) in [5.74, 6) is -1.24. The maximum Gasteiger partial charge on any atom is 0.332 e. The predicted molar refractivity (Wildman–Crippen MR) is 47.7 cm³/mol. The van der Waals surface area contributed by atoms with E-state index in [9.17, 15) is 4.79 Å². The second kappa shape index (κ2) is 4.71. The predicted octanol–water partition coefficient (Wildman–Crippen LogP) is -0.324. The van der Waals surface area contributed by atoms with E-state index < -0.39 is 12.1 Å². The number of carbonyl (C=O) groups is 1. The van der Waals surface area contributed by atoms with Crippen LogP contribution in [0.4, 0.5) is 0 Å². The lowest BCUT2D eigenvalue weighted by atomic mass is 10.2. The minimum absolute atomic E-state index is 0.000945. The molecular formula is C8H13N3O3. The quantitative estimate of drug-likeness (QED) is 0.678. The van der Waals surface area contributed by atoms with Gasteiger partial charge in [-0.1, -0.05) is 12.1 Å². The van der Waals surface area contributed by atoms with Crippen LogP contribution in [0.25, 0.3) is 0 Å². The number of hydrogen-bond donors (Lipinski definition) is 2. The number of hydrogen-bond acceptors (Lipinski definition) is 4. The highest BCUT2D eigenvalue weighted by atomic mass is 16.4. The number of aromatic nitrogens is 3. The molecule has 6 heteroatoms. The summed E-state index contributed by atoms with van der Waals surface area (Å²) in [4.78, 5) is 10.3. The summed E-state index contributed by atoms with van der Waals surface area (Å²) in [5.41, 5.74) is 0.494. The lowest BCUT2D eigenvalue weighted by Gasteiger charge is -2.00. The van der Waals surface area contributed by atoms with Gasteiger partial charge in [0.05, 0.1) is 5.69 Å². The first-order chi connectivity index (χ1) is 6.63. The number of rotatable bonds is 5. The van der Waals surface area contributed by atoms with E-state index in [0.29, 0.717) is 5.69 Å². The highest BCUT2D eigenvalue weighted by molar-refractivity contribution is 5.72. The second-order valence-electron chi connectivity index (χ2n) is 3.03. The number of carboxylic acids is 1. The molecule has 0 aliphatic rings. The Hall–Kier alpha value is -1.43. The highest BCUT2D eigenvalue weighted by Gasteiger charge is 2.15. The highest BCUT2D eigenvalue weighted by Crippen LogP contribution is 1.99. The van der Waals surface area contributed by atoms with Crippen LogP contribution in [0, 0.1) is 0 Å². The maximum atomic E-state index is 10.3. The summed E-state index contributed by atoms with van der Waals surface area (Å²) in [6, 6.07) is 0. The van der Waals surface area contributed by atoms with Gasteiger partial charge in [-0.15, -0.1) is 5.10 Å². The Morgan fingerprint density at radius 1 is 1.71 bits per heavy atom. The molecular weight excluding hydrogens is 186 g/mol. The zero-order chi connectivity index (χ0) is 10.6. The van der Waals surface area contributed by atoms with Crippen LogP contribution in [0.15, 0.2) is 6.20 Å². The SMILES string of the molecule is CCCn1cc(CC(O)C(=O)O)nn1. The fourth-order valence-electron chi connectivity index (χ4n) is 1.06. The number of nitrogens with zero attached hydrogens (tertiary/aromatic N) is 3. The van der Waals surface area contributed by atoms with Crippen molar-refractivity contribution in [3.8, 4) is 0 Å². The number of aliphatic hydroxyl groups is 1. The van der Waals surface area contributed by atoms with Crippen molar-refractivity contribution < 1.29 is 15.0 Å². The molecule has 78 valence electrons. The van der Waals surface area contributed by atoms with E-state index in [1.165, 1.54) is 0 Å². The van der Waals surface area contributed by atoms with Crippen molar-refractivity contribution in [1.29, 1.82) is 0 Å². The molecule has 1 unspecified atom stereocenters. The molecule has 0 saturated carbocycles. The molecule has 0 aliphatic heterocycles. The van der Waals surface area contributed by atoms with Gasteiger partial charge in [0, 0.05) is 19.2 Å². The van der Waals surface area contributed by atoms with Crippen LogP contribution in [0.5, 0.6) is 0 Å². The Balaban J connectivity index is 2.55. The van der Waals surface area contributed by atoms with Crippen LogP contribution in [-0.4, -0.2) is 37.3 Å². The molecule has 0 spiro atoms. The Morgan fingerprint density at radius 2 is 2.43 bits per heavy atom. The van der Waals surface area contributed by atoms with Gasteiger partial charge in [-0.05, 0) is 6.42 Å². The van der Waals surface area contributed by atoms with Gasteiger partial charge in [0.25, 0.3) is 0 Å². The molecule has 1 atom stereocenters. The van der Waals surface area contributed by atoms with E-state index in [1.54, 1.807) is 10.9 Å². The standard InChI is InChI=1S/C8H13N3O3/c1-2-3-11-5-6(9-10-11)4-7(12)8(13)14/h5,7,12H,2-4H2,1H3,(H,13,14). The summed E-state index contributed by atoms with van der Waals surface area (Å²) in [6.07, 6.45) is 1.18. The number of aliphatic carboxylic acids is 1. The Kier molecular flexibility index (Phi) is 3.58. The third-order valence-electron chi connectivity index (χ3n) is 1.73. The van der Waals surface area contributed by atoms with Gasteiger partial charge in [0.2, 0.25) is 0 Å². The zero-order valence-electron chi connectivity index (χ0n) is 7.92. The number of carboxylic acid groups (broad SMARTS) is 1. The largest absolute Gasteiger partial charge is 0.479 e. The second-order valence-corrected chi connectivity index (χ2v) is 3.03. The van der Waals surface area contributed by atoms with Crippen LogP contribution in [0.2, 0.25) is 0 Å². The molecule has 0 aliphatic carbocycles. The van der Waals surface area contributed by atoms with E-state index in [0.717, 1.165) is 13.0 Å². The summed E-state index contributed by atoms with van der Waals surface area (Å²) >= 11 is 0. The summed E-state index contributed by atoms with van der Waals surface area (Å²) < 4.78 is 1.63. The molecule has 0 bridgehead atoms. The molecule has 1 aromatic rings. The van der Waals surface area contributed by atoms with Crippen molar-refractivity contribution in [2.45, 2.75) is 32.4 Å². The van der Waals surface area contributed by atoms with E-state index in [4.69, 9.17) is 10.2 Å². The van der Waals surface area contributed by atoms with E-state index in [-0.39, 0.29) is 6.42 Å². The monoisotopic (exact) mass is 199 g/mol.